The molecule has 188 valence electrons. The molecule has 0 radical (unpaired) electrons. The summed E-state index contributed by atoms with van der Waals surface area (Å²) in [5, 5.41) is 0. The summed E-state index contributed by atoms with van der Waals surface area (Å²) < 4.78 is 29.5. The molecular formula is C28H29BrFN3O3. The molecule has 0 aliphatic rings. The number of ether oxygens (including phenoxy) is 2. The van der Waals surface area contributed by atoms with E-state index in [-0.39, 0.29) is 5.82 Å². The molecule has 3 aromatic carbocycles. The molecule has 0 spiro atoms. The van der Waals surface area contributed by atoms with Gasteiger partial charge in [-0.05, 0) is 75.2 Å². The summed E-state index contributed by atoms with van der Waals surface area (Å²) in [4.78, 5) is 17.2. The number of fused-ring (bicyclic) bond motifs is 1. The lowest BCUT2D eigenvalue weighted by atomic mass is 10.2. The summed E-state index contributed by atoms with van der Waals surface area (Å²) in [5.41, 5.74) is 2.81. The van der Waals surface area contributed by atoms with Crippen LogP contribution in [-0.4, -0.2) is 27.4 Å². The molecule has 0 aliphatic carbocycles. The predicted molar refractivity (Wildman–Crippen MR) is 141 cm³/mol. The van der Waals surface area contributed by atoms with Crippen molar-refractivity contribution >= 4 is 33.1 Å². The van der Waals surface area contributed by atoms with E-state index in [0.717, 1.165) is 21.1 Å². The molecule has 0 N–H and O–H groups in total. The van der Waals surface area contributed by atoms with Gasteiger partial charge in [0.15, 0.2) is 0 Å². The third-order valence-corrected chi connectivity index (χ3v) is 6.20. The summed E-state index contributed by atoms with van der Waals surface area (Å²) >= 11 is 3.64. The monoisotopic (exact) mass is 553 g/mol. The van der Waals surface area contributed by atoms with Gasteiger partial charge in [-0.3, -0.25) is 0 Å². The molecule has 4 aromatic rings. The van der Waals surface area contributed by atoms with Crippen LogP contribution in [0.3, 0.4) is 0 Å². The van der Waals surface area contributed by atoms with Crippen molar-refractivity contribution in [3.8, 4) is 5.75 Å². The van der Waals surface area contributed by atoms with Crippen molar-refractivity contribution in [1.82, 2.24) is 9.13 Å². The SMILES string of the molecule is CC(C)(C)OC(=O)N=c1n(CCCOc2ccc(F)cc2)c2ccccc2n1Cc1ccccc1Br. The minimum atomic E-state index is -0.659. The molecule has 0 saturated heterocycles. The smallest absolute Gasteiger partial charge is 0.437 e. The van der Waals surface area contributed by atoms with Crippen LogP contribution in [0.5, 0.6) is 5.75 Å². The number of carbonyl (C=O) groups excluding carboxylic acids is 1. The van der Waals surface area contributed by atoms with Crippen LogP contribution in [0.2, 0.25) is 0 Å². The Bertz CT molecular complexity index is 1420. The summed E-state index contributed by atoms with van der Waals surface area (Å²) in [7, 11) is 0. The number of carbonyl (C=O) groups is 1. The minimum absolute atomic E-state index is 0.302. The number of rotatable bonds is 7. The molecular weight excluding hydrogens is 525 g/mol. The van der Waals surface area contributed by atoms with Crippen LogP contribution in [-0.2, 0) is 17.8 Å². The number of aryl methyl sites for hydroxylation is 1. The normalized spacial score (nSPS) is 12.2. The minimum Gasteiger partial charge on any atom is -0.494 e. The zero-order chi connectivity index (χ0) is 25.7. The fourth-order valence-corrected chi connectivity index (χ4v) is 4.30. The van der Waals surface area contributed by atoms with Gasteiger partial charge in [0.05, 0.1) is 24.2 Å². The number of imidazole rings is 1. The molecule has 0 bridgehead atoms. The van der Waals surface area contributed by atoms with E-state index in [9.17, 15) is 9.18 Å². The highest BCUT2D eigenvalue weighted by Crippen LogP contribution is 2.20. The van der Waals surface area contributed by atoms with E-state index in [2.05, 4.69) is 20.9 Å². The second-order valence-electron chi connectivity index (χ2n) is 9.37. The summed E-state index contributed by atoms with van der Waals surface area (Å²) in [6, 6.07) is 21.9. The fourth-order valence-electron chi connectivity index (χ4n) is 3.89. The summed E-state index contributed by atoms with van der Waals surface area (Å²) in [6.07, 6.45) is 0.0112. The topological polar surface area (TPSA) is 57.7 Å². The number of para-hydroxylation sites is 2. The second-order valence-corrected chi connectivity index (χ2v) is 10.2. The summed E-state index contributed by atoms with van der Waals surface area (Å²) in [5.74, 6) is 0.306. The van der Waals surface area contributed by atoms with Crippen LogP contribution in [0.15, 0.2) is 82.3 Å². The van der Waals surface area contributed by atoms with Gasteiger partial charge < -0.3 is 18.6 Å². The Hall–Kier alpha value is -3.39. The van der Waals surface area contributed by atoms with Crippen LogP contribution >= 0.6 is 15.9 Å². The molecule has 8 heteroatoms. The zero-order valence-corrected chi connectivity index (χ0v) is 22.2. The third kappa shape index (κ3) is 6.43. The standard InChI is InChI=1S/C28H29BrFN3O3/c1-28(2,3)36-27(34)31-26-32(17-8-18-35-22-15-13-21(30)14-16-22)24-11-6-7-12-25(24)33(26)19-20-9-4-5-10-23(20)29/h4-7,9-16H,8,17-19H2,1-3H3. The molecule has 1 heterocycles. The van der Waals surface area contributed by atoms with Crippen LogP contribution in [0.4, 0.5) is 9.18 Å². The van der Waals surface area contributed by atoms with Crippen molar-refractivity contribution in [2.24, 2.45) is 4.99 Å². The Balaban J connectivity index is 1.71. The van der Waals surface area contributed by atoms with E-state index in [1.165, 1.54) is 12.1 Å². The Morgan fingerprint density at radius 2 is 1.58 bits per heavy atom. The van der Waals surface area contributed by atoms with Gasteiger partial charge in [0.1, 0.15) is 17.2 Å². The average molecular weight is 554 g/mol. The molecule has 36 heavy (non-hydrogen) atoms. The molecule has 0 fully saturated rings. The predicted octanol–water partition coefficient (Wildman–Crippen LogP) is 6.70. The van der Waals surface area contributed by atoms with E-state index in [4.69, 9.17) is 9.47 Å². The number of benzene rings is 3. The Morgan fingerprint density at radius 1 is 0.944 bits per heavy atom. The lowest BCUT2D eigenvalue weighted by Gasteiger charge is -2.17. The second kappa shape index (κ2) is 11.1. The van der Waals surface area contributed by atoms with Crippen molar-refractivity contribution in [2.75, 3.05) is 6.61 Å². The van der Waals surface area contributed by atoms with Crippen molar-refractivity contribution in [3.05, 3.63) is 94.3 Å². The van der Waals surface area contributed by atoms with E-state index in [1.807, 2.05) is 78.4 Å². The van der Waals surface area contributed by atoms with Gasteiger partial charge in [-0.25, -0.2) is 9.18 Å². The number of aromatic nitrogens is 2. The molecule has 0 saturated carbocycles. The third-order valence-electron chi connectivity index (χ3n) is 5.43. The first-order valence-corrected chi connectivity index (χ1v) is 12.6. The molecule has 0 unspecified atom stereocenters. The van der Waals surface area contributed by atoms with E-state index >= 15 is 0 Å². The Morgan fingerprint density at radius 3 is 2.25 bits per heavy atom. The first kappa shape index (κ1) is 25.7. The first-order valence-electron chi connectivity index (χ1n) is 11.8. The molecule has 6 nitrogen and oxygen atoms in total. The fraction of sp³-hybridized carbons (Fsp3) is 0.286. The van der Waals surface area contributed by atoms with E-state index in [1.54, 1.807) is 12.1 Å². The maximum absolute atomic E-state index is 13.2. The Kier molecular flexibility index (Phi) is 7.94. The maximum Gasteiger partial charge on any atom is 0.437 e. The molecule has 1 amide bonds. The highest BCUT2D eigenvalue weighted by atomic mass is 79.9. The van der Waals surface area contributed by atoms with Gasteiger partial charge in [-0.2, -0.15) is 0 Å². The van der Waals surface area contributed by atoms with E-state index < -0.39 is 11.7 Å². The number of halogens is 2. The van der Waals surface area contributed by atoms with Crippen molar-refractivity contribution in [3.63, 3.8) is 0 Å². The van der Waals surface area contributed by atoms with Gasteiger partial charge in [0, 0.05) is 11.0 Å². The van der Waals surface area contributed by atoms with Gasteiger partial charge in [-0.1, -0.05) is 46.3 Å². The van der Waals surface area contributed by atoms with E-state index in [0.29, 0.717) is 37.5 Å². The van der Waals surface area contributed by atoms with Crippen molar-refractivity contribution in [2.45, 2.75) is 45.9 Å². The number of hydrogen-bond acceptors (Lipinski definition) is 3. The van der Waals surface area contributed by atoms with Gasteiger partial charge >= 0.3 is 6.09 Å². The lowest BCUT2D eigenvalue weighted by molar-refractivity contribution is 0.0593. The van der Waals surface area contributed by atoms with Crippen LogP contribution in [0, 0.1) is 5.82 Å². The highest BCUT2D eigenvalue weighted by molar-refractivity contribution is 9.10. The molecule has 1 aromatic heterocycles. The summed E-state index contributed by atoms with van der Waals surface area (Å²) in [6.45, 7) is 6.96. The van der Waals surface area contributed by atoms with Gasteiger partial charge in [-0.15, -0.1) is 4.99 Å². The average Bonchev–Trinajstić information content (AvgIpc) is 3.10. The van der Waals surface area contributed by atoms with Gasteiger partial charge in [0.2, 0.25) is 5.62 Å². The number of hydrogen-bond donors (Lipinski definition) is 0. The number of amides is 1. The zero-order valence-electron chi connectivity index (χ0n) is 20.6. The van der Waals surface area contributed by atoms with Crippen LogP contribution in [0.1, 0.15) is 32.8 Å². The van der Waals surface area contributed by atoms with Crippen LogP contribution in [0.25, 0.3) is 11.0 Å². The molecule has 0 aliphatic heterocycles. The van der Waals surface area contributed by atoms with Crippen molar-refractivity contribution < 1.29 is 18.7 Å². The lowest BCUT2D eigenvalue weighted by Crippen LogP contribution is -2.30. The Labute approximate surface area is 218 Å². The largest absolute Gasteiger partial charge is 0.494 e. The highest BCUT2D eigenvalue weighted by Gasteiger charge is 2.18. The van der Waals surface area contributed by atoms with Gasteiger partial charge in [0.25, 0.3) is 0 Å². The molecule has 0 atom stereocenters. The first-order chi connectivity index (χ1) is 17.2. The molecule has 4 rings (SSSR count). The van der Waals surface area contributed by atoms with Crippen LogP contribution < -0.4 is 10.4 Å². The number of nitrogens with zero attached hydrogens (tertiary/aromatic N) is 3. The quantitative estimate of drug-likeness (QED) is 0.239. The van der Waals surface area contributed by atoms with Crippen molar-refractivity contribution in [1.29, 1.82) is 0 Å². The maximum atomic E-state index is 13.2.